The molecule has 19 heavy (non-hydrogen) atoms. The van der Waals surface area contributed by atoms with E-state index in [2.05, 4.69) is 10.2 Å². The predicted octanol–water partition coefficient (Wildman–Crippen LogP) is 1.99. The zero-order chi connectivity index (χ0) is 13.8. The first-order valence-corrected chi connectivity index (χ1v) is 6.20. The van der Waals surface area contributed by atoms with Crippen LogP contribution in [0.25, 0.3) is 10.6 Å². The van der Waals surface area contributed by atoms with E-state index < -0.39 is 12.1 Å². The average Bonchev–Trinajstić information content (AvgIpc) is 2.89. The van der Waals surface area contributed by atoms with Gasteiger partial charge in [0.25, 0.3) is 5.19 Å². The minimum absolute atomic E-state index is 0.486. The van der Waals surface area contributed by atoms with E-state index in [1.54, 1.807) is 24.3 Å². The third-order valence-electron chi connectivity index (χ3n) is 2.50. The normalized spacial score (nSPS) is 12.1. The van der Waals surface area contributed by atoms with E-state index in [0.29, 0.717) is 15.8 Å². The van der Waals surface area contributed by atoms with Crippen molar-refractivity contribution in [3.63, 3.8) is 0 Å². The molecule has 0 fully saturated rings. The van der Waals surface area contributed by atoms with Crippen molar-refractivity contribution < 1.29 is 19.4 Å². The van der Waals surface area contributed by atoms with E-state index >= 15 is 0 Å². The summed E-state index contributed by atoms with van der Waals surface area (Å²) in [5, 5.41) is 18.0. The minimum Gasteiger partial charge on any atom is -0.479 e. The molecule has 1 heterocycles. The summed E-state index contributed by atoms with van der Waals surface area (Å²) in [7, 11) is 2.89. The number of methoxy groups -OCH3 is 2. The predicted molar refractivity (Wildman–Crippen MR) is 69.3 cm³/mol. The Kier molecular flexibility index (Phi) is 4.08. The summed E-state index contributed by atoms with van der Waals surface area (Å²) in [5.74, 6) is -1.02. The molecule has 2 rings (SSSR count). The minimum atomic E-state index is -1.02. The Morgan fingerprint density at radius 3 is 2.42 bits per heavy atom. The van der Waals surface area contributed by atoms with Crippen LogP contribution in [0.15, 0.2) is 24.3 Å². The highest BCUT2D eigenvalue weighted by Crippen LogP contribution is 2.28. The highest BCUT2D eigenvalue weighted by atomic mass is 32.1. The number of ether oxygens (including phenoxy) is 2. The molecule has 1 N–H and O–H groups in total. The molecule has 1 aromatic carbocycles. The molecule has 0 aliphatic heterocycles. The van der Waals surface area contributed by atoms with Gasteiger partial charge < -0.3 is 14.6 Å². The molecule has 6 nitrogen and oxygen atoms in total. The van der Waals surface area contributed by atoms with Crippen LogP contribution in [0.3, 0.4) is 0 Å². The maximum atomic E-state index is 11.0. The van der Waals surface area contributed by atoms with Gasteiger partial charge in [0.05, 0.1) is 7.11 Å². The number of carboxylic acid groups (broad SMARTS) is 1. The molecule has 0 radical (unpaired) electrons. The largest absolute Gasteiger partial charge is 0.479 e. The van der Waals surface area contributed by atoms with Crippen molar-refractivity contribution in [1.82, 2.24) is 10.2 Å². The van der Waals surface area contributed by atoms with E-state index in [9.17, 15) is 4.79 Å². The first kappa shape index (κ1) is 13.4. The zero-order valence-electron chi connectivity index (χ0n) is 10.4. The topological polar surface area (TPSA) is 81.5 Å². The van der Waals surface area contributed by atoms with Crippen LogP contribution in [-0.4, -0.2) is 35.5 Å². The Morgan fingerprint density at radius 2 is 1.95 bits per heavy atom. The van der Waals surface area contributed by atoms with Crippen molar-refractivity contribution in [3.05, 3.63) is 29.8 Å². The molecule has 100 valence electrons. The lowest BCUT2D eigenvalue weighted by Gasteiger charge is -2.10. The summed E-state index contributed by atoms with van der Waals surface area (Å²) in [5.41, 5.74) is 1.43. The first-order valence-electron chi connectivity index (χ1n) is 5.39. The molecular weight excluding hydrogens is 268 g/mol. The fraction of sp³-hybridized carbons (Fsp3) is 0.250. The second-order valence-electron chi connectivity index (χ2n) is 3.65. The van der Waals surface area contributed by atoms with Gasteiger partial charge in [-0.05, 0) is 5.56 Å². The zero-order valence-corrected chi connectivity index (χ0v) is 11.2. The number of hydrogen-bond donors (Lipinski definition) is 1. The maximum Gasteiger partial charge on any atom is 0.337 e. The van der Waals surface area contributed by atoms with Crippen LogP contribution < -0.4 is 4.74 Å². The van der Waals surface area contributed by atoms with Crippen molar-refractivity contribution in [1.29, 1.82) is 0 Å². The third-order valence-corrected chi connectivity index (χ3v) is 3.44. The van der Waals surface area contributed by atoms with E-state index in [1.165, 1.54) is 25.6 Å². The molecule has 1 atom stereocenters. The van der Waals surface area contributed by atoms with E-state index in [-0.39, 0.29) is 0 Å². The number of hydrogen-bond acceptors (Lipinski definition) is 6. The van der Waals surface area contributed by atoms with Crippen LogP contribution in [0, 0.1) is 0 Å². The molecule has 0 aliphatic carbocycles. The summed E-state index contributed by atoms with van der Waals surface area (Å²) in [6, 6.07) is 6.96. The summed E-state index contributed by atoms with van der Waals surface area (Å²) in [6.45, 7) is 0. The first-order chi connectivity index (χ1) is 9.15. The fourth-order valence-electron chi connectivity index (χ4n) is 1.59. The van der Waals surface area contributed by atoms with E-state index in [4.69, 9.17) is 14.6 Å². The molecule has 1 aromatic heterocycles. The van der Waals surface area contributed by atoms with Crippen LogP contribution in [-0.2, 0) is 9.53 Å². The number of rotatable bonds is 5. The molecule has 0 saturated carbocycles. The van der Waals surface area contributed by atoms with E-state index in [0.717, 1.165) is 5.56 Å². The standard InChI is InChI=1S/C12H12N2O4S/c1-17-9(11(15)16)7-3-5-8(6-4-7)10-13-14-12(18-2)19-10/h3-6,9H,1-2H3,(H,15,16). The summed E-state index contributed by atoms with van der Waals surface area (Å²) < 4.78 is 9.89. The lowest BCUT2D eigenvalue weighted by molar-refractivity contribution is -0.148. The smallest absolute Gasteiger partial charge is 0.337 e. The van der Waals surface area contributed by atoms with Gasteiger partial charge in [-0.3, -0.25) is 0 Å². The van der Waals surface area contributed by atoms with Crippen LogP contribution >= 0.6 is 11.3 Å². The van der Waals surface area contributed by atoms with Gasteiger partial charge in [-0.15, -0.1) is 5.10 Å². The highest BCUT2D eigenvalue weighted by molar-refractivity contribution is 7.16. The SMILES string of the molecule is COc1nnc(-c2ccc(C(OC)C(=O)O)cc2)s1. The molecule has 0 amide bonds. The van der Waals surface area contributed by atoms with Gasteiger partial charge in [-0.1, -0.05) is 40.7 Å². The monoisotopic (exact) mass is 280 g/mol. The number of aromatic nitrogens is 2. The van der Waals surface area contributed by atoms with Crippen LogP contribution in [0.5, 0.6) is 5.19 Å². The van der Waals surface area contributed by atoms with Crippen molar-refractivity contribution in [2.24, 2.45) is 0 Å². The van der Waals surface area contributed by atoms with Gasteiger partial charge in [-0.25, -0.2) is 4.79 Å². The average molecular weight is 280 g/mol. The van der Waals surface area contributed by atoms with Crippen molar-refractivity contribution >= 4 is 17.3 Å². The van der Waals surface area contributed by atoms with Gasteiger partial charge in [-0.2, -0.15) is 0 Å². The van der Waals surface area contributed by atoms with Gasteiger partial charge in [0.15, 0.2) is 11.1 Å². The van der Waals surface area contributed by atoms with Crippen LogP contribution in [0.1, 0.15) is 11.7 Å². The van der Waals surface area contributed by atoms with Crippen molar-refractivity contribution in [3.8, 4) is 15.8 Å². The third kappa shape index (κ3) is 2.88. The van der Waals surface area contributed by atoms with Crippen LogP contribution in [0.2, 0.25) is 0 Å². The molecule has 0 bridgehead atoms. The lowest BCUT2D eigenvalue weighted by atomic mass is 10.1. The van der Waals surface area contributed by atoms with Gasteiger partial charge >= 0.3 is 5.97 Å². The number of carboxylic acids is 1. The second kappa shape index (κ2) is 5.77. The fourth-order valence-corrected chi connectivity index (χ4v) is 2.25. The second-order valence-corrected chi connectivity index (χ2v) is 4.59. The molecule has 2 aromatic rings. The summed E-state index contributed by atoms with van der Waals surface area (Å²) >= 11 is 1.32. The number of carbonyl (C=O) groups is 1. The Morgan fingerprint density at radius 1 is 1.26 bits per heavy atom. The Balaban J connectivity index is 2.25. The van der Waals surface area contributed by atoms with Crippen molar-refractivity contribution in [2.45, 2.75) is 6.10 Å². The Labute approximate surface area is 113 Å². The van der Waals surface area contributed by atoms with Gasteiger partial charge in [0, 0.05) is 12.7 Å². The van der Waals surface area contributed by atoms with Crippen molar-refractivity contribution in [2.75, 3.05) is 14.2 Å². The van der Waals surface area contributed by atoms with Gasteiger partial charge in [0.1, 0.15) is 0 Å². The molecule has 0 saturated heterocycles. The summed E-state index contributed by atoms with van der Waals surface area (Å²) in [4.78, 5) is 11.0. The molecule has 0 spiro atoms. The number of aliphatic carboxylic acids is 1. The molecule has 0 aliphatic rings. The lowest BCUT2D eigenvalue weighted by Crippen LogP contribution is -2.13. The maximum absolute atomic E-state index is 11.0. The van der Waals surface area contributed by atoms with Gasteiger partial charge in [0.2, 0.25) is 0 Å². The Hall–Kier alpha value is -1.99. The Bertz CT molecular complexity index is 567. The molecule has 1 unspecified atom stereocenters. The molecular formula is C12H12N2O4S. The van der Waals surface area contributed by atoms with E-state index in [1.807, 2.05) is 0 Å². The summed E-state index contributed by atoms with van der Waals surface area (Å²) in [6.07, 6.45) is -0.960. The number of nitrogens with zero attached hydrogens (tertiary/aromatic N) is 2. The highest BCUT2D eigenvalue weighted by Gasteiger charge is 2.18. The van der Waals surface area contributed by atoms with Crippen LogP contribution in [0.4, 0.5) is 0 Å². The number of benzene rings is 1. The molecule has 7 heteroatoms. The quantitative estimate of drug-likeness (QED) is 0.902.